The van der Waals surface area contributed by atoms with Crippen LogP contribution in [0.1, 0.15) is 58.7 Å². The lowest BCUT2D eigenvalue weighted by molar-refractivity contribution is -0.156. The van der Waals surface area contributed by atoms with Crippen molar-refractivity contribution in [2.24, 2.45) is 11.8 Å². The summed E-state index contributed by atoms with van der Waals surface area (Å²) in [5, 5.41) is 3.37. The predicted molar refractivity (Wildman–Crippen MR) is 145 cm³/mol. The summed E-state index contributed by atoms with van der Waals surface area (Å²) in [7, 11) is 0. The molecule has 0 spiro atoms. The molecule has 38 heavy (non-hydrogen) atoms. The van der Waals surface area contributed by atoms with Crippen LogP contribution in [0.5, 0.6) is 0 Å². The number of carbonyl (C=O) groups is 3. The third kappa shape index (κ3) is 7.22. The van der Waals surface area contributed by atoms with Gasteiger partial charge in [-0.3, -0.25) is 23.7 Å². The Balaban J connectivity index is 1.41. The Bertz CT molecular complexity index is 1290. The van der Waals surface area contributed by atoms with Gasteiger partial charge in [0.1, 0.15) is 18.0 Å². The van der Waals surface area contributed by atoms with E-state index in [1.165, 1.54) is 10.6 Å². The Hall–Kier alpha value is -3.20. The molecular weight excluding hydrogens is 508 g/mol. The molecule has 204 valence electrons. The molecule has 2 heterocycles. The maximum absolute atomic E-state index is 13.0. The first-order valence-electron chi connectivity index (χ1n) is 13.1. The zero-order valence-electron chi connectivity index (χ0n) is 22.4. The summed E-state index contributed by atoms with van der Waals surface area (Å²) < 4.78 is 6.77. The predicted octanol–water partition coefficient (Wildman–Crippen LogP) is 4.19. The van der Waals surface area contributed by atoms with Crippen molar-refractivity contribution in [3.8, 4) is 11.3 Å². The number of halogens is 1. The van der Waals surface area contributed by atoms with Gasteiger partial charge in [0.05, 0.1) is 11.4 Å². The molecule has 1 aromatic carbocycles. The minimum atomic E-state index is -0.512. The van der Waals surface area contributed by atoms with Crippen molar-refractivity contribution in [2.75, 3.05) is 18.4 Å². The van der Waals surface area contributed by atoms with Crippen LogP contribution in [0.4, 0.5) is 5.69 Å². The monoisotopic (exact) mass is 542 g/mol. The second-order valence-electron chi connectivity index (χ2n) is 11.2. The van der Waals surface area contributed by atoms with Crippen molar-refractivity contribution >= 4 is 35.1 Å². The molecule has 0 atom stereocenters. The van der Waals surface area contributed by atoms with E-state index in [2.05, 4.69) is 10.3 Å². The van der Waals surface area contributed by atoms with Gasteiger partial charge in [-0.25, -0.2) is 4.98 Å². The zero-order valence-corrected chi connectivity index (χ0v) is 23.1. The van der Waals surface area contributed by atoms with E-state index in [1.807, 2.05) is 20.8 Å². The maximum atomic E-state index is 13.0. The van der Waals surface area contributed by atoms with Gasteiger partial charge in [-0.1, -0.05) is 11.6 Å². The van der Waals surface area contributed by atoms with Crippen molar-refractivity contribution in [3.63, 3.8) is 0 Å². The Morgan fingerprint density at radius 2 is 1.79 bits per heavy atom. The number of aromatic nitrogens is 2. The van der Waals surface area contributed by atoms with Gasteiger partial charge in [0.25, 0.3) is 5.56 Å². The number of rotatable bonds is 7. The zero-order chi connectivity index (χ0) is 27.6. The second-order valence-corrected chi connectivity index (χ2v) is 11.6. The van der Waals surface area contributed by atoms with Crippen molar-refractivity contribution in [3.05, 3.63) is 45.5 Å². The number of aryl methyl sites for hydroxylation is 1. The average molecular weight is 543 g/mol. The second kappa shape index (κ2) is 11.3. The molecule has 1 aliphatic carbocycles. The number of nitrogens with zero attached hydrogens (tertiary/aromatic N) is 3. The van der Waals surface area contributed by atoms with E-state index in [0.29, 0.717) is 60.1 Å². The summed E-state index contributed by atoms with van der Waals surface area (Å²) in [5.74, 6) is 0.135. The third-order valence-corrected chi connectivity index (χ3v) is 7.03. The lowest BCUT2D eigenvalue weighted by Crippen LogP contribution is -2.42. The third-order valence-electron chi connectivity index (χ3n) is 6.80. The number of hydrogen-bond acceptors (Lipinski definition) is 6. The van der Waals surface area contributed by atoms with E-state index >= 15 is 0 Å². The van der Waals surface area contributed by atoms with Crippen LogP contribution in [0.15, 0.2) is 29.1 Å². The quantitative estimate of drug-likeness (QED) is 0.525. The van der Waals surface area contributed by atoms with Crippen LogP contribution in [-0.4, -0.2) is 50.9 Å². The molecule has 2 amide bonds. The minimum Gasteiger partial charge on any atom is -0.460 e. The SMILES string of the molecule is Cc1nc(-c2ccc(Cl)cc2NC(=O)C2CC2)cc(=O)n1CC(=O)N1CCC(CC(=O)OC(C)(C)C)CC1. The van der Waals surface area contributed by atoms with E-state index in [9.17, 15) is 19.2 Å². The van der Waals surface area contributed by atoms with Gasteiger partial charge in [0.2, 0.25) is 11.8 Å². The molecule has 4 rings (SSSR count). The van der Waals surface area contributed by atoms with E-state index in [0.717, 1.165) is 12.8 Å². The average Bonchev–Trinajstić information content (AvgIpc) is 3.66. The summed E-state index contributed by atoms with van der Waals surface area (Å²) in [6, 6.07) is 6.43. The number of carbonyl (C=O) groups excluding carboxylic acids is 3. The van der Waals surface area contributed by atoms with Gasteiger partial charge in [0, 0.05) is 42.1 Å². The van der Waals surface area contributed by atoms with Gasteiger partial charge in [-0.2, -0.15) is 0 Å². The molecule has 0 bridgehead atoms. The number of anilines is 1. The fraction of sp³-hybridized carbons (Fsp3) is 0.536. The van der Waals surface area contributed by atoms with Crippen LogP contribution in [0.2, 0.25) is 5.02 Å². The molecule has 1 aromatic heterocycles. The Kier molecular flexibility index (Phi) is 8.25. The number of amides is 2. The Morgan fingerprint density at radius 1 is 1.11 bits per heavy atom. The van der Waals surface area contributed by atoms with Crippen LogP contribution in [0.3, 0.4) is 0 Å². The molecule has 10 heteroatoms. The fourth-order valence-electron chi connectivity index (χ4n) is 4.62. The van der Waals surface area contributed by atoms with Gasteiger partial charge in [-0.15, -0.1) is 0 Å². The summed E-state index contributed by atoms with van der Waals surface area (Å²) in [4.78, 5) is 56.9. The molecule has 2 aromatic rings. The Morgan fingerprint density at radius 3 is 2.39 bits per heavy atom. The highest BCUT2D eigenvalue weighted by Gasteiger charge is 2.30. The summed E-state index contributed by atoms with van der Waals surface area (Å²) >= 11 is 6.16. The smallest absolute Gasteiger partial charge is 0.306 e. The van der Waals surface area contributed by atoms with Crippen molar-refractivity contribution < 1.29 is 19.1 Å². The van der Waals surface area contributed by atoms with Gasteiger partial charge in [0.15, 0.2) is 0 Å². The molecule has 1 saturated heterocycles. The summed E-state index contributed by atoms with van der Waals surface area (Å²) in [5.41, 5.74) is 0.636. The Labute approximate surface area is 227 Å². The van der Waals surface area contributed by atoms with E-state index in [-0.39, 0.29) is 41.7 Å². The molecular formula is C28H35ClN4O5. The normalized spacial score (nSPS) is 16.3. The van der Waals surface area contributed by atoms with Gasteiger partial charge >= 0.3 is 5.97 Å². The first-order valence-corrected chi connectivity index (χ1v) is 13.5. The number of benzene rings is 1. The number of hydrogen-bond donors (Lipinski definition) is 1. The number of ether oxygens (including phenoxy) is 1. The minimum absolute atomic E-state index is 0.0120. The molecule has 9 nitrogen and oxygen atoms in total. The highest BCUT2D eigenvalue weighted by Crippen LogP contribution is 2.34. The van der Waals surface area contributed by atoms with Crippen LogP contribution >= 0.6 is 11.6 Å². The largest absolute Gasteiger partial charge is 0.460 e. The van der Waals surface area contributed by atoms with E-state index in [1.54, 1.807) is 30.0 Å². The van der Waals surface area contributed by atoms with E-state index < -0.39 is 5.60 Å². The number of nitrogens with one attached hydrogen (secondary N) is 1. The molecule has 1 N–H and O–H groups in total. The maximum Gasteiger partial charge on any atom is 0.306 e. The number of piperidine rings is 1. The van der Waals surface area contributed by atoms with Crippen LogP contribution in [0, 0.1) is 18.8 Å². The van der Waals surface area contributed by atoms with Gasteiger partial charge in [-0.05, 0) is 77.5 Å². The molecule has 1 saturated carbocycles. The topological polar surface area (TPSA) is 111 Å². The number of esters is 1. The van der Waals surface area contributed by atoms with Crippen molar-refractivity contribution in [1.29, 1.82) is 0 Å². The lowest BCUT2D eigenvalue weighted by atomic mass is 9.93. The van der Waals surface area contributed by atoms with Crippen LogP contribution in [-0.2, 0) is 25.7 Å². The van der Waals surface area contributed by atoms with E-state index in [4.69, 9.17) is 16.3 Å². The van der Waals surface area contributed by atoms with Crippen molar-refractivity contribution in [1.82, 2.24) is 14.5 Å². The van der Waals surface area contributed by atoms with Crippen molar-refractivity contribution in [2.45, 2.75) is 71.9 Å². The molecule has 0 unspecified atom stereocenters. The summed E-state index contributed by atoms with van der Waals surface area (Å²) in [6.45, 7) is 8.17. The number of likely N-dealkylation sites (tertiary alicyclic amines) is 1. The van der Waals surface area contributed by atoms with Gasteiger partial charge < -0.3 is 15.0 Å². The van der Waals surface area contributed by atoms with Crippen LogP contribution in [0.25, 0.3) is 11.3 Å². The molecule has 2 fully saturated rings. The highest BCUT2D eigenvalue weighted by molar-refractivity contribution is 6.31. The molecule has 1 aliphatic heterocycles. The standard InChI is InChI=1S/C28H35ClN4O5/c1-17-30-23(21-8-7-20(29)14-22(21)31-27(37)19-5-6-19)15-24(34)33(17)16-25(35)32-11-9-18(10-12-32)13-26(36)38-28(2,3)4/h7-8,14-15,18-19H,5-6,9-13,16H2,1-4H3,(H,31,37). The summed E-state index contributed by atoms with van der Waals surface area (Å²) in [6.07, 6.45) is 3.50. The molecule has 0 radical (unpaired) electrons. The first-order chi connectivity index (χ1) is 17.9. The fourth-order valence-corrected chi connectivity index (χ4v) is 4.79. The lowest BCUT2D eigenvalue weighted by Gasteiger charge is -2.32. The highest BCUT2D eigenvalue weighted by atomic mass is 35.5. The first kappa shape index (κ1) is 27.8. The molecule has 2 aliphatic rings. The van der Waals surface area contributed by atoms with Crippen LogP contribution < -0.4 is 10.9 Å².